The van der Waals surface area contributed by atoms with Gasteiger partial charge in [0.1, 0.15) is 17.5 Å². The van der Waals surface area contributed by atoms with Crippen molar-refractivity contribution in [2.75, 3.05) is 11.9 Å². The predicted octanol–water partition coefficient (Wildman–Crippen LogP) is 4.51. The Hall–Kier alpha value is -0.890. The molecule has 112 valence electrons. The first-order valence-corrected chi connectivity index (χ1v) is 8.88. The largest absolute Gasteiger partial charge is 0.369 e. The molecule has 1 N–H and O–H groups in total. The number of hydrogen-bond donors (Lipinski definition) is 1. The normalized spacial score (nSPS) is 10.7. The molecule has 0 aliphatic heterocycles. The maximum absolute atomic E-state index is 13.6. The van der Waals surface area contributed by atoms with Gasteiger partial charge < -0.3 is 5.32 Å². The number of nitrogens with one attached hydrogen (secondary N) is 1. The second kappa shape index (κ2) is 7.93. The third kappa shape index (κ3) is 4.29. The highest BCUT2D eigenvalue weighted by Crippen LogP contribution is 2.26. The molecule has 21 heavy (non-hydrogen) atoms. The van der Waals surface area contributed by atoms with Gasteiger partial charge in [-0.15, -0.1) is 11.8 Å². The molecule has 0 atom stereocenters. The minimum atomic E-state index is -0.198. The fourth-order valence-corrected chi connectivity index (χ4v) is 3.44. The zero-order valence-electron chi connectivity index (χ0n) is 12.0. The van der Waals surface area contributed by atoms with E-state index in [4.69, 9.17) is 0 Å². The summed E-state index contributed by atoms with van der Waals surface area (Å²) in [5, 5.41) is 3.26. The highest BCUT2D eigenvalue weighted by molar-refractivity contribution is 14.1. The topological polar surface area (TPSA) is 37.8 Å². The number of nitrogens with zero attached hydrogens (tertiary/aromatic N) is 2. The smallest absolute Gasteiger partial charge is 0.143 e. The van der Waals surface area contributed by atoms with E-state index in [1.54, 1.807) is 12.1 Å². The molecule has 1 aromatic heterocycles. The van der Waals surface area contributed by atoms with Gasteiger partial charge in [-0.25, -0.2) is 14.4 Å². The third-order valence-corrected chi connectivity index (χ3v) is 5.02. The van der Waals surface area contributed by atoms with Gasteiger partial charge in [-0.3, -0.25) is 0 Å². The Kier molecular flexibility index (Phi) is 6.22. The van der Waals surface area contributed by atoms with E-state index in [0.717, 1.165) is 33.9 Å². The zero-order chi connectivity index (χ0) is 15.2. The van der Waals surface area contributed by atoms with Gasteiger partial charge in [0, 0.05) is 11.4 Å². The van der Waals surface area contributed by atoms with E-state index < -0.39 is 0 Å². The number of hydrogen-bond acceptors (Lipinski definition) is 4. The van der Waals surface area contributed by atoms with Crippen LogP contribution >= 0.6 is 34.4 Å². The fourth-order valence-electron chi connectivity index (χ4n) is 1.83. The van der Waals surface area contributed by atoms with Crippen LogP contribution in [0.1, 0.15) is 25.4 Å². The van der Waals surface area contributed by atoms with E-state index in [2.05, 4.69) is 44.8 Å². The summed E-state index contributed by atoms with van der Waals surface area (Å²) in [4.78, 5) is 9.75. The third-order valence-electron chi connectivity index (χ3n) is 2.84. The van der Waals surface area contributed by atoms with E-state index in [0.29, 0.717) is 10.6 Å². The quantitative estimate of drug-likeness (QED) is 0.555. The molecule has 6 heteroatoms. The highest BCUT2D eigenvalue weighted by atomic mass is 127. The van der Waals surface area contributed by atoms with Gasteiger partial charge in [0.2, 0.25) is 0 Å². The van der Waals surface area contributed by atoms with Crippen LogP contribution < -0.4 is 5.32 Å². The maximum Gasteiger partial charge on any atom is 0.143 e. The molecule has 1 heterocycles. The summed E-state index contributed by atoms with van der Waals surface area (Å²) in [7, 11) is 0. The first-order chi connectivity index (χ1) is 10.2. The van der Waals surface area contributed by atoms with Crippen molar-refractivity contribution >= 4 is 40.2 Å². The molecule has 0 saturated carbocycles. The van der Waals surface area contributed by atoms with Gasteiger partial charge in [-0.05, 0) is 48.1 Å². The summed E-state index contributed by atoms with van der Waals surface area (Å²) in [5.74, 6) is 1.96. The number of thioether (sulfide) groups is 1. The SMILES string of the molecule is CCNc1nc(CSc2ccccc2F)nc(CC)c1I. The van der Waals surface area contributed by atoms with E-state index in [9.17, 15) is 4.39 Å². The average Bonchev–Trinajstić information content (AvgIpc) is 2.49. The summed E-state index contributed by atoms with van der Waals surface area (Å²) in [6.45, 7) is 4.93. The van der Waals surface area contributed by atoms with Gasteiger partial charge in [-0.1, -0.05) is 19.1 Å². The number of aromatic nitrogens is 2. The first kappa shape index (κ1) is 16.5. The molecule has 0 saturated heterocycles. The van der Waals surface area contributed by atoms with E-state index in [-0.39, 0.29) is 5.82 Å². The molecule has 0 fully saturated rings. The lowest BCUT2D eigenvalue weighted by Gasteiger charge is -2.11. The Labute approximate surface area is 142 Å². The van der Waals surface area contributed by atoms with Gasteiger partial charge in [0.05, 0.1) is 15.0 Å². The van der Waals surface area contributed by atoms with Crippen LogP contribution in [0, 0.1) is 9.39 Å². The number of benzene rings is 1. The van der Waals surface area contributed by atoms with Gasteiger partial charge in [0.25, 0.3) is 0 Å². The molecule has 0 unspecified atom stereocenters. The van der Waals surface area contributed by atoms with Gasteiger partial charge in [-0.2, -0.15) is 0 Å². The Balaban J connectivity index is 2.20. The molecule has 0 amide bonds. The van der Waals surface area contributed by atoms with Crippen LogP contribution in [0.2, 0.25) is 0 Å². The second-order valence-corrected chi connectivity index (χ2v) is 6.45. The van der Waals surface area contributed by atoms with Crippen molar-refractivity contribution in [3.8, 4) is 0 Å². The molecular weight excluding hydrogens is 400 g/mol. The fraction of sp³-hybridized carbons (Fsp3) is 0.333. The molecule has 0 aliphatic rings. The van der Waals surface area contributed by atoms with Crippen LogP contribution in [-0.2, 0) is 12.2 Å². The number of rotatable bonds is 6. The highest BCUT2D eigenvalue weighted by Gasteiger charge is 2.11. The Morgan fingerprint density at radius 1 is 1.24 bits per heavy atom. The summed E-state index contributed by atoms with van der Waals surface area (Å²) in [5.41, 5.74) is 1.03. The molecule has 0 radical (unpaired) electrons. The zero-order valence-corrected chi connectivity index (χ0v) is 15.0. The van der Waals surface area contributed by atoms with Crippen molar-refractivity contribution in [1.82, 2.24) is 9.97 Å². The second-order valence-electron chi connectivity index (χ2n) is 4.35. The molecule has 2 aromatic rings. The number of anilines is 1. The molecule has 0 bridgehead atoms. The maximum atomic E-state index is 13.6. The first-order valence-electron chi connectivity index (χ1n) is 6.82. The lowest BCUT2D eigenvalue weighted by molar-refractivity contribution is 0.602. The van der Waals surface area contributed by atoms with Crippen LogP contribution in [0.25, 0.3) is 0 Å². The van der Waals surface area contributed by atoms with Crippen molar-refractivity contribution in [1.29, 1.82) is 0 Å². The summed E-state index contributed by atoms with van der Waals surface area (Å²) in [6, 6.07) is 6.78. The van der Waals surface area contributed by atoms with Crippen LogP contribution in [0.5, 0.6) is 0 Å². The van der Waals surface area contributed by atoms with E-state index in [1.165, 1.54) is 17.8 Å². The van der Waals surface area contributed by atoms with Crippen molar-refractivity contribution in [2.45, 2.75) is 30.9 Å². The monoisotopic (exact) mass is 417 g/mol. The summed E-state index contributed by atoms with van der Waals surface area (Å²) < 4.78 is 14.7. The molecule has 0 aliphatic carbocycles. The minimum Gasteiger partial charge on any atom is -0.369 e. The minimum absolute atomic E-state index is 0.198. The number of aryl methyl sites for hydroxylation is 1. The Bertz CT molecular complexity index is 622. The van der Waals surface area contributed by atoms with Crippen molar-refractivity contribution in [3.63, 3.8) is 0 Å². The van der Waals surface area contributed by atoms with Crippen molar-refractivity contribution < 1.29 is 4.39 Å². The molecular formula is C15H17FIN3S. The van der Waals surface area contributed by atoms with Crippen LogP contribution in [0.4, 0.5) is 10.2 Å². The lowest BCUT2D eigenvalue weighted by atomic mass is 10.3. The molecule has 1 aromatic carbocycles. The molecule has 3 nitrogen and oxygen atoms in total. The molecule has 0 spiro atoms. The van der Waals surface area contributed by atoms with Crippen LogP contribution in [0.3, 0.4) is 0 Å². The Morgan fingerprint density at radius 3 is 2.67 bits per heavy atom. The summed E-state index contributed by atoms with van der Waals surface area (Å²) >= 11 is 3.69. The number of halogens is 2. The van der Waals surface area contributed by atoms with E-state index in [1.807, 2.05) is 13.0 Å². The van der Waals surface area contributed by atoms with Crippen LogP contribution in [-0.4, -0.2) is 16.5 Å². The predicted molar refractivity (Wildman–Crippen MR) is 94.3 cm³/mol. The lowest BCUT2D eigenvalue weighted by Crippen LogP contribution is -2.09. The Morgan fingerprint density at radius 2 is 2.00 bits per heavy atom. The van der Waals surface area contributed by atoms with Crippen molar-refractivity contribution in [2.24, 2.45) is 0 Å². The average molecular weight is 417 g/mol. The van der Waals surface area contributed by atoms with Gasteiger partial charge in [0.15, 0.2) is 0 Å². The van der Waals surface area contributed by atoms with Gasteiger partial charge >= 0.3 is 0 Å². The summed E-state index contributed by atoms with van der Waals surface area (Å²) in [6.07, 6.45) is 0.858. The van der Waals surface area contributed by atoms with Crippen LogP contribution in [0.15, 0.2) is 29.2 Å². The van der Waals surface area contributed by atoms with Crippen molar-refractivity contribution in [3.05, 3.63) is 45.2 Å². The van der Waals surface area contributed by atoms with E-state index >= 15 is 0 Å². The molecule has 2 rings (SSSR count). The standard InChI is InChI=1S/C15H17FIN3S/c1-3-11-14(17)15(18-4-2)20-13(19-11)9-21-12-8-6-5-7-10(12)16/h5-8H,3-4,9H2,1-2H3,(H,18,19,20).